The number of nitrogens with one attached hydrogen (secondary N) is 2. The molecule has 0 amide bonds. The van der Waals surface area contributed by atoms with Gasteiger partial charge >= 0.3 is 0 Å². The fourth-order valence-electron chi connectivity index (χ4n) is 1.33. The maximum absolute atomic E-state index is 3.34. The van der Waals surface area contributed by atoms with Crippen molar-refractivity contribution in [1.29, 1.82) is 0 Å². The second-order valence-corrected chi connectivity index (χ2v) is 2.43. The molecule has 2 fully saturated rings. The maximum atomic E-state index is 3.34. The molecule has 2 N–H and O–H groups in total. The van der Waals surface area contributed by atoms with Gasteiger partial charge in [-0.15, -0.1) is 12.4 Å². The SMILES string of the molecule is C1NCC2NCC12.Cl. The monoisotopic (exact) mass is 134 g/mol. The second-order valence-electron chi connectivity index (χ2n) is 2.43. The Balaban J connectivity index is 0.000000320. The molecule has 0 aromatic carbocycles. The van der Waals surface area contributed by atoms with Crippen molar-refractivity contribution < 1.29 is 0 Å². The summed E-state index contributed by atoms with van der Waals surface area (Å²) in [6, 6.07) is 0.833. The molecule has 2 nitrogen and oxygen atoms in total. The van der Waals surface area contributed by atoms with E-state index in [2.05, 4.69) is 10.6 Å². The van der Waals surface area contributed by atoms with Gasteiger partial charge in [0, 0.05) is 31.6 Å². The van der Waals surface area contributed by atoms with Crippen molar-refractivity contribution in [2.45, 2.75) is 6.04 Å². The van der Waals surface area contributed by atoms with Gasteiger partial charge in [0.1, 0.15) is 0 Å². The number of rotatable bonds is 0. The van der Waals surface area contributed by atoms with Crippen LogP contribution in [0.1, 0.15) is 0 Å². The van der Waals surface area contributed by atoms with Crippen LogP contribution in [0.3, 0.4) is 0 Å². The molecular weight excluding hydrogens is 124 g/mol. The standard InChI is InChI=1S/C5H10N2.ClH/c1-4-2-7-5(4)3-6-1;/h4-7H,1-3H2;1H. The lowest BCUT2D eigenvalue weighted by Gasteiger charge is -2.30. The average molecular weight is 135 g/mol. The lowest BCUT2D eigenvalue weighted by atomic mass is 9.96. The van der Waals surface area contributed by atoms with Crippen LogP contribution in [0.5, 0.6) is 0 Å². The molecule has 0 bridgehead atoms. The second kappa shape index (κ2) is 2.21. The summed E-state index contributed by atoms with van der Waals surface area (Å²) in [6.07, 6.45) is 0. The molecule has 0 aromatic heterocycles. The number of fused-ring (bicyclic) bond motifs is 1. The Kier molecular flexibility index (Phi) is 1.75. The Bertz CT molecular complexity index is 76.5. The molecule has 2 atom stereocenters. The highest BCUT2D eigenvalue weighted by Gasteiger charge is 2.33. The molecule has 0 aliphatic carbocycles. The van der Waals surface area contributed by atoms with E-state index in [-0.39, 0.29) is 12.4 Å². The van der Waals surface area contributed by atoms with Crippen LogP contribution in [0.4, 0.5) is 0 Å². The zero-order chi connectivity index (χ0) is 4.69. The van der Waals surface area contributed by atoms with E-state index in [1.165, 1.54) is 19.6 Å². The van der Waals surface area contributed by atoms with Gasteiger partial charge in [0.2, 0.25) is 0 Å². The van der Waals surface area contributed by atoms with Crippen LogP contribution in [-0.2, 0) is 0 Å². The van der Waals surface area contributed by atoms with Crippen molar-refractivity contribution in [3.8, 4) is 0 Å². The molecule has 0 aromatic rings. The molecule has 2 rings (SSSR count). The third-order valence-electron chi connectivity index (χ3n) is 1.98. The van der Waals surface area contributed by atoms with Gasteiger partial charge in [0.25, 0.3) is 0 Å². The first kappa shape index (κ1) is 6.33. The molecule has 8 heavy (non-hydrogen) atoms. The third kappa shape index (κ3) is 0.729. The molecule has 3 heteroatoms. The van der Waals surface area contributed by atoms with Crippen molar-refractivity contribution in [2.75, 3.05) is 19.6 Å². The fourth-order valence-corrected chi connectivity index (χ4v) is 1.33. The van der Waals surface area contributed by atoms with Crippen LogP contribution in [0, 0.1) is 5.92 Å². The lowest BCUT2D eigenvalue weighted by molar-refractivity contribution is 0.297. The van der Waals surface area contributed by atoms with E-state index in [9.17, 15) is 0 Å². The summed E-state index contributed by atoms with van der Waals surface area (Å²) in [4.78, 5) is 0. The summed E-state index contributed by atoms with van der Waals surface area (Å²) in [5.41, 5.74) is 0. The average Bonchev–Trinajstić information content (AvgIpc) is 1.85. The highest BCUT2D eigenvalue weighted by atomic mass is 35.5. The van der Waals surface area contributed by atoms with Gasteiger partial charge in [-0.2, -0.15) is 0 Å². The Morgan fingerprint density at radius 2 is 2.00 bits per heavy atom. The van der Waals surface area contributed by atoms with Crippen molar-refractivity contribution >= 4 is 12.4 Å². The Labute approximate surface area is 55.4 Å². The molecule has 2 unspecified atom stereocenters. The summed E-state index contributed by atoms with van der Waals surface area (Å²) in [5.74, 6) is 0.972. The lowest BCUT2D eigenvalue weighted by Crippen LogP contribution is -2.51. The minimum atomic E-state index is 0. The predicted octanol–water partition coefficient (Wildman–Crippen LogP) is -0.401. The minimum absolute atomic E-state index is 0. The summed E-state index contributed by atoms with van der Waals surface area (Å²) in [5, 5.41) is 6.67. The maximum Gasteiger partial charge on any atom is 0.0245 e. The minimum Gasteiger partial charge on any atom is -0.315 e. The fraction of sp³-hybridized carbons (Fsp3) is 1.00. The van der Waals surface area contributed by atoms with E-state index < -0.39 is 0 Å². The van der Waals surface area contributed by atoms with Gasteiger partial charge < -0.3 is 10.6 Å². The molecule has 2 heterocycles. The van der Waals surface area contributed by atoms with Gasteiger partial charge in [-0.3, -0.25) is 0 Å². The summed E-state index contributed by atoms with van der Waals surface area (Å²) in [7, 11) is 0. The summed E-state index contributed by atoms with van der Waals surface area (Å²) >= 11 is 0. The molecule has 48 valence electrons. The van der Waals surface area contributed by atoms with Crippen molar-refractivity contribution in [3.63, 3.8) is 0 Å². The van der Waals surface area contributed by atoms with Crippen molar-refractivity contribution in [3.05, 3.63) is 0 Å². The Morgan fingerprint density at radius 3 is 2.25 bits per heavy atom. The summed E-state index contributed by atoms with van der Waals surface area (Å²) < 4.78 is 0. The molecule has 2 aliphatic rings. The van der Waals surface area contributed by atoms with Crippen molar-refractivity contribution in [2.24, 2.45) is 5.92 Å². The topological polar surface area (TPSA) is 24.1 Å². The first-order valence-electron chi connectivity index (χ1n) is 2.91. The van der Waals surface area contributed by atoms with E-state index in [1.54, 1.807) is 0 Å². The van der Waals surface area contributed by atoms with Gasteiger partial charge in [0.05, 0.1) is 0 Å². The quantitative estimate of drug-likeness (QED) is 0.471. The Hall–Kier alpha value is 0.210. The zero-order valence-electron chi connectivity index (χ0n) is 4.68. The van der Waals surface area contributed by atoms with Gasteiger partial charge in [-0.25, -0.2) is 0 Å². The van der Waals surface area contributed by atoms with Crippen LogP contribution >= 0.6 is 12.4 Å². The molecule has 2 saturated heterocycles. The highest BCUT2D eigenvalue weighted by Crippen LogP contribution is 2.15. The number of hydrogen-bond acceptors (Lipinski definition) is 2. The van der Waals surface area contributed by atoms with Gasteiger partial charge in [0.15, 0.2) is 0 Å². The normalized spacial score (nSPS) is 42.0. The van der Waals surface area contributed by atoms with E-state index in [0.717, 1.165) is 12.0 Å². The number of hydrogen-bond donors (Lipinski definition) is 2. The zero-order valence-corrected chi connectivity index (χ0v) is 5.50. The van der Waals surface area contributed by atoms with Crippen LogP contribution in [-0.4, -0.2) is 25.7 Å². The van der Waals surface area contributed by atoms with Crippen LogP contribution in [0.2, 0.25) is 0 Å². The third-order valence-corrected chi connectivity index (χ3v) is 1.98. The molecule has 2 aliphatic heterocycles. The first-order valence-corrected chi connectivity index (χ1v) is 2.91. The van der Waals surface area contributed by atoms with Gasteiger partial charge in [-0.1, -0.05) is 0 Å². The smallest absolute Gasteiger partial charge is 0.0245 e. The van der Waals surface area contributed by atoms with Crippen LogP contribution in [0.15, 0.2) is 0 Å². The van der Waals surface area contributed by atoms with Crippen molar-refractivity contribution in [1.82, 2.24) is 10.6 Å². The first-order chi connectivity index (χ1) is 3.47. The molecule has 0 saturated carbocycles. The van der Waals surface area contributed by atoms with E-state index in [1.807, 2.05) is 0 Å². The predicted molar refractivity (Wildman–Crippen MR) is 35.4 cm³/mol. The molecule has 0 spiro atoms. The van der Waals surface area contributed by atoms with Crippen LogP contribution in [0.25, 0.3) is 0 Å². The highest BCUT2D eigenvalue weighted by molar-refractivity contribution is 5.85. The molecule has 0 radical (unpaired) electrons. The molecular formula is C5H11ClN2. The van der Waals surface area contributed by atoms with Crippen LogP contribution < -0.4 is 10.6 Å². The van der Waals surface area contributed by atoms with E-state index in [4.69, 9.17) is 0 Å². The van der Waals surface area contributed by atoms with E-state index in [0.29, 0.717) is 0 Å². The number of halogens is 1. The van der Waals surface area contributed by atoms with E-state index >= 15 is 0 Å². The Morgan fingerprint density at radius 1 is 1.12 bits per heavy atom. The van der Waals surface area contributed by atoms with Gasteiger partial charge in [-0.05, 0) is 0 Å². The largest absolute Gasteiger partial charge is 0.315 e. The summed E-state index contributed by atoms with van der Waals surface area (Å²) in [6.45, 7) is 3.69.